The van der Waals surface area contributed by atoms with Crippen LogP contribution in [0.2, 0.25) is 0 Å². The molecule has 0 aromatic carbocycles. The summed E-state index contributed by atoms with van der Waals surface area (Å²) in [5.74, 6) is 1.76. The second-order valence-corrected chi connectivity index (χ2v) is 5.84. The fraction of sp³-hybridized carbons (Fsp3) is 0.923. The monoisotopic (exact) mass is 249 g/mol. The molecule has 1 aromatic heterocycles. The molecular weight excluding hydrogens is 226 g/mol. The molecular formula is C13H23N5. The molecule has 0 bridgehead atoms. The van der Waals surface area contributed by atoms with Gasteiger partial charge in [0, 0.05) is 5.41 Å². The lowest BCUT2D eigenvalue weighted by molar-refractivity contribution is 0.146. The van der Waals surface area contributed by atoms with Crippen LogP contribution in [0.15, 0.2) is 0 Å². The standard InChI is InChI=1S/C13H23N5/c1-18-16-12(15-17-18)13(7-9-14-10-8-13)11-5-3-2-4-6-11/h11,14H,2-10H2,1H3. The maximum atomic E-state index is 4.55. The molecule has 1 aromatic rings. The van der Waals surface area contributed by atoms with Crippen LogP contribution in [0.4, 0.5) is 0 Å². The maximum absolute atomic E-state index is 4.55. The van der Waals surface area contributed by atoms with Crippen LogP contribution in [-0.2, 0) is 12.5 Å². The van der Waals surface area contributed by atoms with Crippen molar-refractivity contribution in [2.45, 2.75) is 50.4 Å². The third-order valence-corrected chi connectivity index (χ3v) is 4.84. The number of piperidine rings is 1. The molecule has 1 saturated heterocycles. The molecule has 1 saturated carbocycles. The summed E-state index contributed by atoms with van der Waals surface area (Å²) in [5, 5.41) is 16.4. The Morgan fingerprint density at radius 1 is 1.17 bits per heavy atom. The number of rotatable bonds is 2. The highest BCUT2D eigenvalue weighted by atomic mass is 15.6. The van der Waals surface area contributed by atoms with E-state index in [9.17, 15) is 0 Å². The fourth-order valence-corrected chi connectivity index (χ4v) is 3.83. The SMILES string of the molecule is Cn1nnc(C2(C3CCCCC3)CCNCC2)n1. The molecule has 2 aliphatic rings. The summed E-state index contributed by atoms with van der Waals surface area (Å²) in [6, 6.07) is 0. The minimum atomic E-state index is 0.194. The molecule has 0 radical (unpaired) electrons. The lowest BCUT2D eigenvalue weighted by atomic mass is 9.63. The van der Waals surface area contributed by atoms with Crippen LogP contribution in [0.1, 0.15) is 50.8 Å². The first-order valence-electron chi connectivity index (χ1n) is 7.26. The Hall–Kier alpha value is -0.970. The number of aromatic nitrogens is 4. The van der Waals surface area contributed by atoms with Crippen LogP contribution in [0.5, 0.6) is 0 Å². The number of hydrogen-bond acceptors (Lipinski definition) is 4. The Labute approximate surface area is 108 Å². The Morgan fingerprint density at radius 2 is 1.89 bits per heavy atom. The first-order valence-corrected chi connectivity index (χ1v) is 7.26. The van der Waals surface area contributed by atoms with E-state index in [0.717, 1.165) is 24.8 Å². The van der Waals surface area contributed by atoms with Gasteiger partial charge in [-0.25, -0.2) is 0 Å². The van der Waals surface area contributed by atoms with Crippen LogP contribution < -0.4 is 5.32 Å². The molecule has 0 atom stereocenters. The third kappa shape index (κ3) is 2.05. The molecule has 5 heteroatoms. The summed E-state index contributed by atoms with van der Waals surface area (Å²) in [6.45, 7) is 2.18. The fourth-order valence-electron chi connectivity index (χ4n) is 3.83. The van der Waals surface area contributed by atoms with E-state index < -0.39 is 0 Å². The first kappa shape index (κ1) is 12.1. The highest BCUT2D eigenvalue weighted by molar-refractivity contribution is 5.11. The first-order chi connectivity index (χ1) is 8.81. The summed E-state index contributed by atoms with van der Waals surface area (Å²) < 4.78 is 0. The Morgan fingerprint density at radius 3 is 2.50 bits per heavy atom. The minimum absolute atomic E-state index is 0.194. The van der Waals surface area contributed by atoms with Gasteiger partial charge >= 0.3 is 0 Å². The summed E-state index contributed by atoms with van der Waals surface area (Å²) in [6.07, 6.45) is 9.18. The van der Waals surface area contributed by atoms with Gasteiger partial charge in [-0.15, -0.1) is 10.2 Å². The zero-order valence-electron chi connectivity index (χ0n) is 11.2. The summed E-state index contributed by atoms with van der Waals surface area (Å²) in [4.78, 5) is 1.61. The molecule has 100 valence electrons. The van der Waals surface area contributed by atoms with Crippen molar-refractivity contribution in [3.05, 3.63) is 5.82 Å². The Balaban J connectivity index is 1.91. The van der Waals surface area contributed by atoms with E-state index in [1.54, 1.807) is 4.80 Å². The largest absolute Gasteiger partial charge is 0.317 e. The van der Waals surface area contributed by atoms with E-state index in [-0.39, 0.29) is 5.41 Å². The van der Waals surface area contributed by atoms with Crippen molar-refractivity contribution in [3.8, 4) is 0 Å². The van der Waals surface area contributed by atoms with Gasteiger partial charge in [0.15, 0.2) is 5.82 Å². The van der Waals surface area contributed by atoms with Gasteiger partial charge in [-0.2, -0.15) is 4.80 Å². The van der Waals surface area contributed by atoms with E-state index in [0.29, 0.717) is 0 Å². The van der Waals surface area contributed by atoms with E-state index in [1.165, 1.54) is 44.9 Å². The maximum Gasteiger partial charge on any atom is 0.181 e. The quantitative estimate of drug-likeness (QED) is 0.861. The molecule has 2 fully saturated rings. The molecule has 0 amide bonds. The van der Waals surface area contributed by atoms with Gasteiger partial charge in [-0.3, -0.25) is 0 Å². The topological polar surface area (TPSA) is 55.6 Å². The van der Waals surface area contributed by atoms with Gasteiger partial charge in [0.05, 0.1) is 7.05 Å². The van der Waals surface area contributed by atoms with E-state index >= 15 is 0 Å². The predicted octanol–water partition coefficient (Wildman–Crippen LogP) is 1.41. The van der Waals surface area contributed by atoms with Gasteiger partial charge in [-0.05, 0) is 49.9 Å². The molecule has 0 spiro atoms. The van der Waals surface area contributed by atoms with Crippen molar-refractivity contribution in [2.75, 3.05) is 13.1 Å². The van der Waals surface area contributed by atoms with Gasteiger partial charge in [0.1, 0.15) is 0 Å². The minimum Gasteiger partial charge on any atom is -0.317 e. The van der Waals surface area contributed by atoms with Crippen molar-refractivity contribution >= 4 is 0 Å². The predicted molar refractivity (Wildman–Crippen MR) is 69.2 cm³/mol. The van der Waals surface area contributed by atoms with Crippen molar-refractivity contribution in [2.24, 2.45) is 13.0 Å². The number of aryl methyl sites for hydroxylation is 1. The molecule has 0 unspecified atom stereocenters. The summed E-state index contributed by atoms with van der Waals surface area (Å²) >= 11 is 0. The van der Waals surface area contributed by atoms with Crippen molar-refractivity contribution in [1.82, 2.24) is 25.5 Å². The molecule has 5 nitrogen and oxygen atoms in total. The highest BCUT2D eigenvalue weighted by Crippen LogP contribution is 2.45. The lowest BCUT2D eigenvalue weighted by Gasteiger charge is -2.43. The lowest BCUT2D eigenvalue weighted by Crippen LogP contribution is -2.46. The zero-order valence-corrected chi connectivity index (χ0v) is 11.2. The van der Waals surface area contributed by atoms with Crippen molar-refractivity contribution < 1.29 is 0 Å². The molecule has 1 aliphatic carbocycles. The zero-order chi connectivity index (χ0) is 12.4. The van der Waals surface area contributed by atoms with Crippen LogP contribution in [0.25, 0.3) is 0 Å². The number of tetrazole rings is 1. The molecule has 2 heterocycles. The Bertz CT molecular complexity index is 388. The van der Waals surface area contributed by atoms with E-state index in [2.05, 4.69) is 20.7 Å². The van der Waals surface area contributed by atoms with Crippen LogP contribution in [-0.4, -0.2) is 33.3 Å². The normalized spacial score (nSPS) is 25.2. The number of nitrogens with one attached hydrogen (secondary N) is 1. The van der Waals surface area contributed by atoms with Gasteiger partial charge in [-0.1, -0.05) is 19.3 Å². The van der Waals surface area contributed by atoms with Gasteiger partial charge in [0.2, 0.25) is 0 Å². The summed E-state index contributed by atoms with van der Waals surface area (Å²) in [7, 11) is 1.87. The van der Waals surface area contributed by atoms with Crippen LogP contribution in [0, 0.1) is 5.92 Å². The highest BCUT2D eigenvalue weighted by Gasteiger charge is 2.44. The van der Waals surface area contributed by atoms with Crippen LogP contribution in [0.3, 0.4) is 0 Å². The second kappa shape index (κ2) is 4.96. The van der Waals surface area contributed by atoms with Crippen LogP contribution >= 0.6 is 0 Å². The van der Waals surface area contributed by atoms with Crippen molar-refractivity contribution in [3.63, 3.8) is 0 Å². The average Bonchev–Trinajstić information content (AvgIpc) is 2.88. The third-order valence-electron chi connectivity index (χ3n) is 4.84. The smallest absolute Gasteiger partial charge is 0.181 e. The number of nitrogens with zero attached hydrogens (tertiary/aromatic N) is 4. The van der Waals surface area contributed by atoms with Crippen molar-refractivity contribution in [1.29, 1.82) is 0 Å². The second-order valence-electron chi connectivity index (χ2n) is 5.84. The van der Waals surface area contributed by atoms with Gasteiger partial charge in [0.25, 0.3) is 0 Å². The number of hydrogen-bond donors (Lipinski definition) is 1. The molecule has 1 N–H and O–H groups in total. The summed E-state index contributed by atoms with van der Waals surface area (Å²) in [5.41, 5.74) is 0.194. The molecule has 18 heavy (non-hydrogen) atoms. The molecule has 3 rings (SSSR count). The molecule has 1 aliphatic heterocycles. The average molecular weight is 249 g/mol. The van der Waals surface area contributed by atoms with E-state index in [1.807, 2.05) is 7.05 Å². The van der Waals surface area contributed by atoms with Gasteiger partial charge < -0.3 is 5.32 Å². The Kier molecular flexibility index (Phi) is 3.33. The van der Waals surface area contributed by atoms with E-state index in [4.69, 9.17) is 0 Å².